The second-order valence-electron chi connectivity index (χ2n) is 8.88. The molecule has 3 heterocycles. The van der Waals surface area contributed by atoms with Gasteiger partial charge in [-0.3, -0.25) is 19.5 Å². The summed E-state index contributed by atoms with van der Waals surface area (Å²) in [4.78, 5) is 49.3. The number of aliphatic hydroxyl groups excluding tert-OH is 1. The Morgan fingerprint density at radius 1 is 1.05 bits per heavy atom. The maximum absolute atomic E-state index is 13.5. The number of aliphatic hydroxyl groups is 1. The highest BCUT2D eigenvalue weighted by Crippen LogP contribution is 2.44. The average Bonchev–Trinajstić information content (AvgIpc) is 3.49. The van der Waals surface area contributed by atoms with Gasteiger partial charge in [0.05, 0.1) is 23.9 Å². The summed E-state index contributed by atoms with van der Waals surface area (Å²) < 4.78 is 11.1. The van der Waals surface area contributed by atoms with E-state index >= 15 is 0 Å². The first-order valence-corrected chi connectivity index (χ1v) is 13.3. The molecule has 0 saturated carbocycles. The monoisotopic (exact) mass is 555 g/mol. The molecule has 1 saturated heterocycles. The summed E-state index contributed by atoms with van der Waals surface area (Å²) >= 11 is 0.952. The van der Waals surface area contributed by atoms with E-state index in [4.69, 9.17) is 9.47 Å². The zero-order valence-electron chi connectivity index (χ0n) is 21.7. The summed E-state index contributed by atoms with van der Waals surface area (Å²) in [7, 11) is 0. The highest BCUT2D eigenvalue weighted by atomic mass is 32.1. The van der Waals surface area contributed by atoms with Gasteiger partial charge in [-0.25, -0.2) is 9.78 Å². The quantitative estimate of drug-likeness (QED) is 0.136. The molecule has 1 atom stereocenters. The van der Waals surface area contributed by atoms with Gasteiger partial charge in [-0.1, -0.05) is 53.8 Å². The van der Waals surface area contributed by atoms with Crippen molar-refractivity contribution in [1.29, 1.82) is 0 Å². The van der Waals surface area contributed by atoms with Gasteiger partial charge in [0.15, 0.2) is 5.13 Å². The van der Waals surface area contributed by atoms with Gasteiger partial charge in [0.25, 0.3) is 5.78 Å². The maximum atomic E-state index is 13.5. The Labute approximate surface area is 234 Å². The summed E-state index contributed by atoms with van der Waals surface area (Å²) in [6.45, 7) is 3.82. The molecule has 1 aliphatic rings. The van der Waals surface area contributed by atoms with Crippen LogP contribution in [0.4, 0.5) is 5.13 Å². The first-order chi connectivity index (χ1) is 19.4. The van der Waals surface area contributed by atoms with Crippen molar-refractivity contribution in [3.8, 4) is 5.75 Å². The normalized spacial score (nSPS) is 16.2. The minimum atomic E-state index is -1.03. The lowest BCUT2D eigenvalue weighted by molar-refractivity contribution is -0.132. The molecule has 2 aromatic carbocycles. The number of Topliss-reactive ketones (excluding diaryl/α,β-unsaturated/α-hetero) is 1. The van der Waals surface area contributed by atoms with E-state index in [9.17, 15) is 19.5 Å². The lowest BCUT2D eigenvalue weighted by Gasteiger charge is -2.23. The van der Waals surface area contributed by atoms with Crippen LogP contribution in [-0.2, 0) is 20.9 Å². The average molecular weight is 556 g/mol. The number of rotatable bonds is 8. The van der Waals surface area contributed by atoms with Crippen molar-refractivity contribution in [3.05, 3.63) is 112 Å². The number of aromatic nitrogens is 2. The number of benzene rings is 2. The third kappa shape index (κ3) is 5.21. The third-order valence-corrected chi connectivity index (χ3v) is 7.41. The van der Waals surface area contributed by atoms with E-state index in [-0.39, 0.29) is 27.9 Å². The van der Waals surface area contributed by atoms with E-state index in [1.807, 2.05) is 30.3 Å². The Hall–Kier alpha value is -4.83. The summed E-state index contributed by atoms with van der Waals surface area (Å²) in [5, 5.41) is 11.4. The fourth-order valence-corrected chi connectivity index (χ4v) is 5.38. The predicted molar refractivity (Wildman–Crippen MR) is 149 cm³/mol. The van der Waals surface area contributed by atoms with Crippen molar-refractivity contribution >= 4 is 39.9 Å². The van der Waals surface area contributed by atoms with Gasteiger partial charge in [0, 0.05) is 18.0 Å². The Balaban J connectivity index is 1.61. The molecule has 40 heavy (non-hydrogen) atoms. The van der Waals surface area contributed by atoms with E-state index < -0.39 is 23.7 Å². The minimum absolute atomic E-state index is 0.109. The molecule has 0 radical (unpaired) electrons. The zero-order valence-corrected chi connectivity index (χ0v) is 22.6. The zero-order chi connectivity index (χ0) is 28.2. The smallest absolute Gasteiger partial charge is 0.350 e. The van der Waals surface area contributed by atoms with Crippen LogP contribution in [0, 0.1) is 6.92 Å². The van der Waals surface area contributed by atoms with Crippen molar-refractivity contribution < 1.29 is 29.0 Å². The number of aryl methyl sites for hydroxylation is 1. The molecule has 1 unspecified atom stereocenters. The Morgan fingerprint density at radius 3 is 2.52 bits per heavy atom. The van der Waals surface area contributed by atoms with Gasteiger partial charge in [-0.15, -0.1) is 0 Å². The fourth-order valence-electron chi connectivity index (χ4n) is 4.40. The molecule has 0 spiro atoms. The standard InChI is InChI=1S/C30H25N3O6S/c1-3-38-29(37)27-18(2)32-30(40-27)33-24(23(26(35)28(33)36)25(34)20-12-14-31-15-13-20)21-10-7-11-22(16-21)39-17-19-8-5-4-6-9-19/h4-16,24,34H,3,17H2,1-2H3/b25-23+. The molecule has 5 rings (SSSR count). The number of pyridine rings is 1. The van der Waals surface area contributed by atoms with Crippen LogP contribution < -0.4 is 9.64 Å². The van der Waals surface area contributed by atoms with Crippen molar-refractivity contribution in [3.63, 3.8) is 0 Å². The van der Waals surface area contributed by atoms with Crippen molar-refractivity contribution in [2.24, 2.45) is 0 Å². The number of thiazole rings is 1. The third-order valence-electron chi connectivity index (χ3n) is 6.27. The number of nitrogens with zero attached hydrogens (tertiary/aromatic N) is 3. The van der Waals surface area contributed by atoms with Crippen LogP contribution in [0.1, 0.15) is 45.0 Å². The van der Waals surface area contributed by atoms with Crippen LogP contribution in [0.2, 0.25) is 0 Å². The van der Waals surface area contributed by atoms with Crippen LogP contribution in [0.25, 0.3) is 5.76 Å². The largest absolute Gasteiger partial charge is 0.507 e. The van der Waals surface area contributed by atoms with Crippen LogP contribution in [0.5, 0.6) is 5.75 Å². The van der Waals surface area contributed by atoms with E-state index in [1.54, 1.807) is 50.2 Å². The van der Waals surface area contributed by atoms with Gasteiger partial charge in [-0.05, 0) is 49.2 Å². The fraction of sp³-hybridized carbons (Fsp3) is 0.167. The number of carbonyl (C=O) groups is 3. The van der Waals surface area contributed by atoms with Gasteiger partial charge in [0.1, 0.15) is 23.0 Å². The van der Waals surface area contributed by atoms with Crippen LogP contribution in [-0.4, -0.2) is 39.3 Å². The Kier molecular flexibility index (Phi) is 7.70. The molecule has 9 nitrogen and oxygen atoms in total. The minimum Gasteiger partial charge on any atom is -0.507 e. The molecule has 2 aromatic heterocycles. The lowest BCUT2D eigenvalue weighted by Crippen LogP contribution is -2.29. The number of esters is 1. The summed E-state index contributed by atoms with van der Waals surface area (Å²) in [6, 6.07) is 18.7. The second kappa shape index (κ2) is 11.5. The maximum Gasteiger partial charge on any atom is 0.350 e. The van der Waals surface area contributed by atoms with Crippen LogP contribution in [0.15, 0.2) is 84.7 Å². The number of carbonyl (C=O) groups excluding carboxylic acids is 3. The molecule has 1 fully saturated rings. The van der Waals surface area contributed by atoms with Gasteiger partial charge >= 0.3 is 11.9 Å². The summed E-state index contributed by atoms with van der Waals surface area (Å²) in [6.07, 6.45) is 2.96. The predicted octanol–water partition coefficient (Wildman–Crippen LogP) is 5.23. The lowest BCUT2D eigenvalue weighted by atomic mass is 9.95. The number of amides is 1. The summed E-state index contributed by atoms with van der Waals surface area (Å²) in [5.41, 5.74) is 2.08. The molecule has 0 bridgehead atoms. The highest BCUT2D eigenvalue weighted by Gasteiger charge is 2.48. The van der Waals surface area contributed by atoms with Crippen LogP contribution in [0.3, 0.4) is 0 Å². The first kappa shape index (κ1) is 26.8. The molecule has 4 aromatic rings. The second-order valence-corrected chi connectivity index (χ2v) is 9.86. The first-order valence-electron chi connectivity index (χ1n) is 12.5. The van der Waals surface area contributed by atoms with Crippen molar-refractivity contribution in [2.75, 3.05) is 11.5 Å². The molecule has 0 aliphatic carbocycles. The van der Waals surface area contributed by atoms with E-state index in [1.165, 1.54) is 17.3 Å². The number of hydrogen-bond acceptors (Lipinski definition) is 9. The molecular formula is C30H25N3O6S. The molecule has 10 heteroatoms. The van der Waals surface area contributed by atoms with Gasteiger partial charge < -0.3 is 14.6 Å². The Morgan fingerprint density at radius 2 is 1.80 bits per heavy atom. The SMILES string of the molecule is CCOC(=O)c1sc(N2C(=O)C(=O)/C(=C(/O)c3ccncc3)C2c2cccc(OCc3ccccc3)c2)nc1C. The number of hydrogen-bond donors (Lipinski definition) is 1. The van der Waals surface area contributed by atoms with Gasteiger partial charge in [0.2, 0.25) is 0 Å². The summed E-state index contributed by atoms with van der Waals surface area (Å²) in [5.74, 6) is -2.15. The molecule has 1 amide bonds. The molecule has 1 N–H and O–H groups in total. The highest BCUT2D eigenvalue weighted by molar-refractivity contribution is 7.17. The Bertz CT molecular complexity index is 1600. The van der Waals surface area contributed by atoms with E-state index in [2.05, 4.69) is 9.97 Å². The van der Waals surface area contributed by atoms with E-state index in [0.717, 1.165) is 16.9 Å². The molecule has 202 valence electrons. The van der Waals surface area contributed by atoms with Crippen molar-refractivity contribution in [1.82, 2.24) is 9.97 Å². The number of ether oxygens (including phenoxy) is 2. The van der Waals surface area contributed by atoms with Gasteiger partial charge in [-0.2, -0.15) is 0 Å². The van der Waals surface area contributed by atoms with Crippen LogP contribution >= 0.6 is 11.3 Å². The number of anilines is 1. The topological polar surface area (TPSA) is 119 Å². The van der Waals surface area contributed by atoms with Crippen molar-refractivity contribution in [2.45, 2.75) is 26.5 Å². The van der Waals surface area contributed by atoms with E-state index in [0.29, 0.717) is 29.2 Å². The number of ketones is 1. The molecule has 1 aliphatic heterocycles. The molecular weight excluding hydrogens is 530 g/mol.